The Morgan fingerprint density at radius 2 is 1.92 bits per heavy atom. The summed E-state index contributed by atoms with van der Waals surface area (Å²) in [6, 6.07) is 10.5. The summed E-state index contributed by atoms with van der Waals surface area (Å²) in [5.74, 6) is 1.99. The second-order valence-electron chi connectivity index (χ2n) is 6.83. The van der Waals surface area contributed by atoms with Gasteiger partial charge in [-0.1, -0.05) is 35.5 Å². The van der Waals surface area contributed by atoms with Gasteiger partial charge in [-0.15, -0.1) is 0 Å². The van der Waals surface area contributed by atoms with Crippen LogP contribution >= 0.6 is 0 Å². The Kier molecular flexibility index (Phi) is 4.60. The molecule has 2 aromatic rings. The third-order valence-corrected chi connectivity index (χ3v) is 5.05. The number of rotatable bonds is 4. The predicted molar refractivity (Wildman–Crippen MR) is 89.5 cm³/mol. The molecular formula is C18H24N4O2. The Morgan fingerprint density at radius 1 is 1.12 bits per heavy atom. The fourth-order valence-corrected chi connectivity index (χ4v) is 3.66. The number of likely N-dealkylation sites (tertiary alicyclic amines) is 1. The van der Waals surface area contributed by atoms with Crippen molar-refractivity contribution in [3.8, 4) is 0 Å². The molecule has 2 atom stereocenters. The standard InChI is InChI=1S/C18H24N4O2/c19-16-12-22(10-13-4-2-1-3-5-13)11-15(16)18-20-17(21-24-18)14-6-8-23-9-7-14/h1-5,14-16H,6-12,19H2. The highest BCUT2D eigenvalue weighted by Gasteiger charge is 2.35. The van der Waals surface area contributed by atoms with Crippen molar-refractivity contribution in [2.45, 2.75) is 37.3 Å². The van der Waals surface area contributed by atoms with Gasteiger partial charge in [-0.25, -0.2) is 0 Å². The Morgan fingerprint density at radius 3 is 2.71 bits per heavy atom. The molecular weight excluding hydrogens is 304 g/mol. The summed E-state index contributed by atoms with van der Waals surface area (Å²) in [6.07, 6.45) is 1.94. The minimum Gasteiger partial charge on any atom is -0.381 e. The Balaban J connectivity index is 1.42. The molecule has 0 spiro atoms. The number of nitrogens with two attached hydrogens (primary N) is 1. The van der Waals surface area contributed by atoms with Gasteiger partial charge in [0, 0.05) is 44.8 Å². The molecule has 3 heterocycles. The minimum atomic E-state index is 0.0386. The number of benzene rings is 1. The number of hydrogen-bond donors (Lipinski definition) is 1. The quantitative estimate of drug-likeness (QED) is 0.923. The molecule has 1 aromatic carbocycles. The van der Waals surface area contributed by atoms with E-state index in [0.29, 0.717) is 11.8 Å². The predicted octanol–water partition coefficient (Wildman–Crippen LogP) is 1.89. The number of nitrogens with zero attached hydrogens (tertiary/aromatic N) is 3. The fourth-order valence-electron chi connectivity index (χ4n) is 3.66. The molecule has 2 unspecified atom stereocenters. The van der Waals surface area contributed by atoms with Crippen molar-refractivity contribution in [2.75, 3.05) is 26.3 Å². The maximum absolute atomic E-state index is 6.35. The smallest absolute Gasteiger partial charge is 0.232 e. The maximum Gasteiger partial charge on any atom is 0.232 e. The van der Waals surface area contributed by atoms with Crippen molar-refractivity contribution in [3.05, 3.63) is 47.6 Å². The van der Waals surface area contributed by atoms with Gasteiger partial charge in [-0.3, -0.25) is 4.90 Å². The minimum absolute atomic E-state index is 0.0386. The second kappa shape index (κ2) is 7.01. The molecule has 128 valence electrons. The van der Waals surface area contributed by atoms with Crippen molar-refractivity contribution >= 4 is 0 Å². The second-order valence-corrected chi connectivity index (χ2v) is 6.83. The molecule has 24 heavy (non-hydrogen) atoms. The van der Waals surface area contributed by atoms with Crippen LogP contribution in [0.5, 0.6) is 0 Å². The highest BCUT2D eigenvalue weighted by Crippen LogP contribution is 2.29. The van der Waals surface area contributed by atoms with E-state index in [1.807, 2.05) is 6.07 Å². The third kappa shape index (κ3) is 3.36. The van der Waals surface area contributed by atoms with E-state index < -0.39 is 0 Å². The zero-order valence-electron chi connectivity index (χ0n) is 13.8. The molecule has 0 radical (unpaired) electrons. The summed E-state index contributed by atoms with van der Waals surface area (Å²) in [7, 11) is 0. The van der Waals surface area contributed by atoms with Crippen LogP contribution in [0.2, 0.25) is 0 Å². The molecule has 0 bridgehead atoms. The SMILES string of the molecule is NC1CN(Cc2ccccc2)CC1c1nc(C2CCOCC2)no1. The first-order valence-corrected chi connectivity index (χ1v) is 8.72. The van der Waals surface area contributed by atoms with Gasteiger partial charge in [0.1, 0.15) is 0 Å². The van der Waals surface area contributed by atoms with Gasteiger partial charge < -0.3 is 15.0 Å². The molecule has 6 heteroatoms. The Bertz CT molecular complexity index is 654. The zero-order chi connectivity index (χ0) is 16.4. The Labute approximate surface area is 142 Å². The number of hydrogen-bond acceptors (Lipinski definition) is 6. The lowest BCUT2D eigenvalue weighted by atomic mass is 9.99. The van der Waals surface area contributed by atoms with Crippen molar-refractivity contribution in [1.29, 1.82) is 0 Å². The first-order chi connectivity index (χ1) is 11.8. The summed E-state index contributed by atoms with van der Waals surface area (Å²) in [6.45, 7) is 4.19. The van der Waals surface area contributed by atoms with Crippen molar-refractivity contribution < 1.29 is 9.26 Å². The van der Waals surface area contributed by atoms with Crippen LogP contribution in [-0.4, -0.2) is 47.4 Å². The molecule has 2 fully saturated rings. The van der Waals surface area contributed by atoms with Crippen LogP contribution in [0.25, 0.3) is 0 Å². The zero-order valence-corrected chi connectivity index (χ0v) is 13.8. The molecule has 0 amide bonds. The number of ether oxygens (including phenoxy) is 1. The van der Waals surface area contributed by atoms with Crippen molar-refractivity contribution in [1.82, 2.24) is 15.0 Å². The summed E-state index contributed by atoms with van der Waals surface area (Å²) in [5, 5.41) is 4.21. The molecule has 4 rings (SSSR count). The van der Waals surface area contributed by atoms with E-state index in [1.165, 1.54) is 5.56 Å². The maximum atomic E-state index is 6.35. The monoisotopic (exact) mass is 328 g/mol. The van der Waals surface area contributed by atoms with E-state index in [9.17, 15) is 0 Å². The van der Waals surface area contributed by atoms with Gasteiger partial charge in [0.05, 0.1) is 5.92 Å². The van der Waals surface area contributed by atoms with Crippen LogP contribution in [-0.2, 0) is 11.3 Å². The van der Waals surface area contributed by atoms with Gasteiger partial charge >= 0.3 is 0 Å². The van der Waals surface area contributed by atoms with E-state index in [1.54, 1.807) is 0 Å². The normalized spacial score (nSPS) is 26.0. The summed E-state index contributed by atoms with van der Waals surface area (Å²) < 4.78 is 11.0. The molecule has 2 saturated heterocycles. The van der Waals surface area contributed by atoms with E-state index in [2.05, 4.69) is 39.3 Å². The topological polar surface area (TPSA) is 77.4 Å². The molecule has 0 aliphatic carbocycles. The lowest BCUT2D eigenvalue weighted by molar-refractivity contribution is 0.0830. The lowest BCUT2D eigenvalue weighted by Gasteiger charge is -2.18. The molecule has 2 aliphatic rings. The molecule has 0 saturated carbocycles. The summed E-state index contributed by atoms with van der Waals surface area (Å²) >= 11 is 0. The van der Waals surface area contributed by atoms with Gasteiger partial charge in [-0.05, 0) is 18.4 Å². The van der Waals surface area contributed by atoms with E-state index in [-0.39, 0.29) is 12.0 Å². The fraction of sp³-hybridized carbons (Fsp3) is 0.556. The largest absolute Gasteiger partial charge is 0.381 e. The van der Waals surface area contributed by atoms with Crippen LogP contribution in [0.15, 0.2) is 34.9 Å². The molecule has 2 N–H and O–H groups in total. The Hall–Kier alpha value is -1.76. The van der Waals surface area contributed by atoms with Crippen LogP contribution in [0.1, 0.15) is 42.0 Å². The average Bonchev–Trinajstić information content (AvgIpc) is 3.23. The molecule has 6 nitrogen and oxygen atoms in total. The van der Waals surface area contributed by atoms with Gasteiger partial charge in [0.25, 0.3) is 0 Å². The highest BCUT2D eigenvalue weighted by atomic mass is 16.5. The van der Waals surface area contributed by atoms with Crippen LogP contribution < -0.4 is 5.73 Å². The lowest BCUT2D eigenvalue weighted by Crippen LogP contribution is -2.28. The number of aromatic nitrogens is 2. The summed E-state index contributed by atoms with van der Waals surface area (Å²) in [4.78, 5) is 7.03. The highest BCUT2D eigenvalue weighted by molar-refractivity contribution is 5.16. The first kappa shape index (κ1) is 15.7. The van der Waals surface area contributed by atoms with Crippen molar-refractivity contribution in [2.24, 2.45) is 5.73 Å². The molecule has 1 aromatic heterocycles. The van der Waals surface area contributed by atoms with Crippen molar-refractivity contribution in [3.63, 3.8) is 0 Å². The average molecular weight is 328 g/mol. The van der Waals surface area contributed by atoms with Gasteiger partial charge in [-0.2, -0.15) is 4.98 Å². The van der Waals surface area contributed by atoms with Crippen LogP contribution in [0.3, 0.4) is 0 Å². The first-order valence-electron chi connectivity index (χ1n) is 8.72. The summed E-state index contributed by atoms with van der Waals surface area (Å²) in [5.41, 5.74) is 7.66. The van der Waals surface area contributed by atoms with E-state index in [4.69, 9.17) is 15.0 Å². The van der Waals surface area contributed by atoms with Gasteiger partial charge in [0.2, 0.25) is 5.89 Å². The van der Waals surface area contributed by atoms with Gasteiger partial charge in [0.15, 0.2) is 5.82 Å². The molecule has 2 aliphatic heterocycles. The van der Waals surface area contributed by atoms with Crippen LogP contribution in [0, 0.1) is 0 Å². The van der Waals surface area contributed by atoms with Crippen LogP contribution in [0.4, 0.5) is 0 Å². The van der Waals surface area contributed by atoms with E-state index in [0.717, 1.165) is 51.5 Å². The van der Waals surface area contributed by atoms with E-state index >= 15 is 0 Å². The third-order valence-electron chi connectivity index (χ3n) is 5.05.